The molecule has 2 aromatic rings. The number of esters is 1. The molecule has 0 spiro atoms. The Morgan fingerprint density at radius 2 is 1.40 bits per heavy atom. The molecule has 5 nitrogen and oxygen atoms in total. The Morgan fingerprint density at radius 1 is 0.800 bits per heavy atom. The molecule has 1 aromatic heterocycles. The smallest absolute Gasteiger partial charge is 0.341 e. The molecule has 0 saturated heterocycles. The molecule has 0 saturated carbocycles. The van der Waals surface area contributed by atoms with Crippen LogP contribution in [0.2, 0.25) is 0 Å². The van der Waals surface area contributed by atoms with Gasteiger partial charge in [-0.15, -0.1) is 0 Å². The maximum atomic E-state index is 12.2. The van der Waals surface area contributed by atoms with Gasteiger partial charge >= 0.3 is 5.97 Å². The first-order valence-corrected chi connectivity index (χ1v) is 13.9. The summed E-state index contributed by atoms with van der Waals surface area (Å²) in [5.41, 5.74) is 1.28. The molecule has 0 amide bonds. The third-order valence-electron chi connectivity index (χ3n) is 6.54. The van der Waals surface area contributed by atoms with Gasteiger partial charge in [-0.05, 0) is 43.0 Å². The summed E-state index contributed by atoms with van der Waals surface area (Å²) in [5, 5.41) is 0. The van der Waals surface area contributed by atoms with Crippen LogP contribution in [0.25, 0.3) is 11.4 Å². The quantitative estimate of drug-likeness (QED) is 0.148. The SMILES string of the molecule is CCCCCCCCCCOC(=O)c1cnc(-c2ccc(OCCCCCC(C)CC)cc2)nc1. The second-order valence-corrected chi connectivity index (χ2v) is 9.64. The van der Waals surface area contributed by atoms with Crippen molar-refractivity contribution < 1.29 is 14.3 Å². The van der Waals surface area contributed by atoms with Crippen molar-refractivity contribution in [3.63, 3.8) is 0 Å². The van der Waals surface area contributed by atoms with Crippen LogP contribution < -0.4 is 4.74 Å². The number of aromatic nitrogens is 2. The van der Waals surface area contributed by atoms with E-state index in [1.54, 1.807) is 12.4 Å². The van der Waals surface area contributed by atoms with E-state index in [0.29, 0.717) is 18.0 Å². The van der Waals surface area contributed by atoms with Gasteiger partial charge in [-0.3, -0.25) is 0 Å². The van der Waals surface area contributed by atoms with E-state index in [9.17, 15) is 4.79 Å². The average molecular weight is 483 g/mol. The lowest BCUT2D eigenvalue weighted by molar-refractivity contribution is 0.0496. The molecule has 5 heteroatoms. The van der Waals surface area contributed by atoms with Crippen molar-refractivity contribution in [2.45, 2.75) is 104 Å². The van der Waals surface area contributed by atoms with Gasteiger partial charge in [-0.2, -0.15) is 0 Å². The van der Waals surface area contributed by atoms with E-state index in [2.05, 4.69) is 30.7 Å². The average Bonchev–Trinajstić information content (AvgIpc) is 2.89. The molecular formula is C30H46N2O3. The maximum Gasteiger partial charge on any atom is 0.341 e. The van der Waals surface area contributed by atoms with Gasteiger partial charge < -0.3 is 9.47 Å². The Balaban J connectivity index is 1.64. The lowest BCUT2D eigenvalue weighted by Gasteiger charge is -2.09. The fourth-order valence-corrected chi connectivity index (χ4v) is 3.93. The number of carbonyl (C=O) groups excluding carboxylic acids is 1. The molecule has 1 aromatic carbocycles. The molecule has 0 aliphatic heterocycles. The molecule has 0 aliphatic rings. The summed E-state index contributed by atoms with van der Waals surface area (Å²) in [6, 6.07) is 7.80. The van der Waals surface area contributed by atoms with Crippen LogP contribution in [-0.2, 0) is 4.74 Å². The lowest BCUT2D eigenvalue weighted by atomic mass is 10.0. The number of hydrogen-bond donors (Lipinski definition) is 0. The molecule has 0 aliphatic carbocycles. The number of unbranched alkanes of at least 4 members (excludes halogenated alkanes) is 9. The van der Waals surface area contributed by atoms with Gasteiger partial charge in [0, 0.05) is 18.0 Å². The summed E-state index contributed by atoms with van der Waals surface area (Å²) in [5.74, 6) is 1.91. The van der Waals surface area contributed by atoms with Gasteiger partial charge in [-0.25, -0.2) is 14.8 Å². The minimum Gasteiger partial charge on any atom is -0.494 e. The monoisotopic (exact) mass is 482 g/mol. The van der Waals surface area contributed by atoms with E-state index in [1.807, 2.05) is 24.3 Å². The van der Waals surface area contributed by atoms with E-state index >= 15 is 0 Å². The van der Waals surface area contributed by atoms with Crippen LogP contribution in [0.5, 0.6) is 5.75 Å². The van der Waals surface area contributed by atoms with Crippen LogP contribution in [0, 0.1) is 5.92 Å². The normalized spacial score (nSPS) is 11.9. The Labute approximate surface area is 213 Å². The van der Waals surface area contributed by atoms with Crippen LogP contribution >= 0.6 is 0 Å². The van der Waals surface area contributed by atoms with Crippen molar-refractivity contribution in [2.75, 3.05) is 13.2 Å². The van der Waals surface area contributed by atoms with Crippen molar-refractivity contribution >= 4 is 5.97 Å². The van der Waals surface area contributed by atoms with Crippen LogP contribution in [-0.4, -0.2) is 29.2 Å². The Kier molecular flexibility index (Phi) is 14.8. The van der Waals surface area contributed by atoms with Gasteiger partial charge in [0.1, 0.15) is 5.75 Å². The summed E-state index contributed by atoms with van der Waals surface area (Å²) in [6.07, 6.45) is 19.0. The maximum absolute atomic E-state index is 12.2. The Hall–Kier alpha value is -2.43. The number of hydrogen-bond acceptors (Lipinski definition) is 5. The molecule has 1 atom stereocenters. The first-order valence-electron chi connectivity index (χ1n) is 13.9. The summed E-state index contributed by atoms with van der Waals surface area (Å²) >= 11 is 0. The summed E-state index contributed by atoms with van der Waals surface area (Å²) in [4.78, 5) is 21.0. The molecule has 194 valence electrons. The van der Waals surface area contributed by atoms with Crippen molar-refractivity contribution in [3.05, 3.63) is 42.2 Å². The predicted molar refractivity (Wildman–Crippen MR) is 144 cm³/mol. The number of ether oxygens (including phenoxy) is 2. The minimum absolute atomic E-state index is 0.354. The number of benzene rings is 1. The van der Waals surface area contributed by atoms with Crippen molar-refractivity contribution in [1.29, 1.82) is 0 Å². The zero-order chi connectivity index (χ0) is 25.1. The molecule has 0 radical (unpaired) electrons. The van der Waals surface area contributed by atoms with Crippen molar-refractivity contribution in [1.82, 2.24) is 9.97 Å². The largest absolute Gasteiger partial charge is 0.494 e. The first-order chi connectivity index (χ1) is 17.1. The molecule has 1 heterocycles. The van der Waals surface area contributed by atoms with Gasteiger partial charge in [0.25, 0.3) is 0 Å². The zero-order valence-electron chi connectivity index (χ0n) is 22.3. The summed E-state index contributed by atoms with van der Waals surface area (Å²) in [7, 11) is 0. The van der Waals surface area contributed by atoms with Crippen molar-refractivity contribution in [2.24, 2.45) is 5.92 Å². The van der Waals surface area contributed by atoms with E-state index in [4.69, 9.17) is 9.47 Å². The molecule has 0 bridgehead atoms. The summed E-state index contributed by atoms with van der Waals surface area (Å²) in [6.45, 7) is 8.00. The van der Waals surface area contributed by atoms with Gasteiger partial charge in [-0.1, -0.05) is 91.4 Å². The molecule has 2 rings (SSSR count). The topological polar surface area (TPSA) is 61.3 Å². The van der Waals surface area contributed by atoms with Crippen LogP contribution in [0.1, 0.15) is 115 Å². The second kappa shape index (κ2) is 17.9. The molecule has 0 fully saturated rings. The number of rotatable bonds is 19. The molecule has 35 heavy (non-hydrogen) atoms. The molecule has 1 unspecified atom stereocenters. The van der Waals surface area contributed by atoms with Gasteiger partial charge in [0.05, 0.1) is 18.8 Å². The second-order valence-electron chi connectivity index (χ2n) is 9.64. The Morgan fingerprint density at radius 3 is 2.06 bits per heavy atom. The third-order valence-corrected chi connectivity index (χ3v) is 6.54. The molecule has 0 N–H and O–H groups in total. The first kappa shape index (κ1) is 28.8. The highest BCUT2D eigenvalue weighted by atomic mass is 16.5. The highest BCUT2D eigenvalue weighted by Gasteiger charge is 2.10. The fourth-order valence-electron chi connectivity index (χ4n) is 3.93. The summed E-state index contributed by atoms with van der Waals surface area (Å²) < 4.78 is 11.2. The zero-order valence-corrected chi connectivity index (χ0v) is 22.3. The van der Waals surface area contributed by atoms with Gasteiger partial charge in [0.15, 0.2) is 5.82 Å². The number of carbonyl (C=O) groups is 1. The van der Waals surface area contributed by atoms with Crippen LogP contribution in [0.3, 0.4) is 0 Å². The highest BCUT2D eigenvalue weighted by molar-refractivity contribution is 5.88. The van der Waals surface area contributed by atoms with Crippen molar-refractivity contribution in [3.8, 4) is 17.1 Å². The van der Waals surface area contributed by atoms with Gasteiger partial charge in [0.2, 0.25) is 0 Å². The lowest BCUT2D eigenvalue weighted by Crippen LogP contribution is -2.08. The van der Waals surface area contributed by atoms with Crippen LogP contribution in [0.4, 0.5) is 0 Å². The predicted octanol–water partition coefficient (Wildman–Crippen LogP) is 8.43. The van der Waals surface area contributed by atoms with E-state index in [0.717, 1.165) is 43.1 Å². The minimum atomic E-state index is -0.354. The fraction of sp³-hybridized carbons (Fsp3) is 0.633. The Bertz CT molecular complexity index is 805. The van der Waals surface area contributed by atoms with E-state index in [-0.39, 0.29) is 5.97 Å². The molecular weight excluding hydrogens is 436 g/mol. The van der Waals surface area contributed by atoms with E-state index in [1.165, 1.54) is 64.2 Å². The van der Waals surface area contributed by atoms with E-state index < -0.39 is 0 Å². The third kappa shape index (κ3) is 12.2. The highest BCUT2D eigenvalue weighted by Crippen LogP contribution is 2.20. The van der Waals surface area contributed by atoms with Crippen LogP contribution in [0.15, 0.2) is 36.7 Å². The standard InChI is InChI=1S/C30H46N2O3/c1-4-6-7-8-9-10-11-14-22-35-30(33)27-23-31-29(32-24-27)26-17-19-28(20-18-26)34-21-15-12-13-16-25(3)5-2/h17-20,23-25H,4-16,21-22H2,1-3H3. The number of nitrogens with zero attached hydrogens (tertiary/aromatic N) is 2.